The molecule has 1 aromatic carbocycles. The van der Waals surface area contributed by atoms with E-state index >= 15 is 0 Å². The van der Waals surface area contributed by atoms with Crippen LogP contribution < -0.4 is 10.6 Å². The number of fused-ring (bicyclic) bond motifs is 1. The third-order valence-electron chi connectivity index (χ3n) is 4.65. The molecule has 2 N–H and O–H groups in total. The summed E-state index contributed by atoms with van der Waals surface area (Å²) in [5.74, 6) is -0.291. The Morgan fingerprint density at radius 1 is 1.22 bits per heavy atom. The summed E-state index contributed by atoms with van der Waals surface area (Å²) in [6, 6.07) is 7.78. The van der Waals surface area contributed by atoms with Crippen molar-refractivity contribution in [3.63, 3.8) is 0 Å². The van der Waals surface area contributed by atoms with Gasteiger partial charge in [0.05, 0.1) is 12.7 Å². The van der Waals surface area contributed by atoms with Gasteiger partial charge in [0.25, 0.3) is 0 Å². The molecule has 0 fully saturated rings. The molecule has 4 nitrogen and oxygen atoms in total. The second-order valence-corrected chi connectivity index (χ2v) is 8.47. The summed E-state index contributed by atoms with van der Waals surface area (Å²) in [6.45, 7) is 0.701. The van der Waals surface area contributed by atoms with Gasteiger partial charge in [0, 0.05) is 16.4 Å². The smallest absolute Gasteiger partial charge is 0.341 e. The quantitative estimate of drug-likeness (QED) is 0.404. The zero-order valence-corrected chi connectivity index (χ0v) is 17.7. The van der Waals surface area contributed by atoms with E-state index in [1.165, 1.54) is 24.0 Å². The van der Waals surface area contributed by atoms with Crippen molar-refractivity contribution < 1.29 is 9.53 Å². The Morgan fingerprint density at radius 3 is 2.70 bits per heavy atom. The van der Waals surface area contributed by atoms with Crippen molar-refractivity contribution in [3.8, 4) is 0 Å². The van der Waals surface area contributed by atoms with Gasteiger partial charge in [0.1, 0.15) is 5.00 Å². The molecule has 0 bridgehead atoms. The fourth-order valence-corrected chi connectivity index (χ4v) is 4.94. The Balaban J connectivity index is 1.64. The standard InChI is InChI=1S/C20H23ClN2O2S2/c1-25-19(24)17-15-5-3-2-4-6-16(15)27-18(17)23-20(26)22-12-11-13-7-9-14(21)10-8-13/h7-10H,2-6,11-12H2,1H3,(H2,22,23,26). The summed E-state index contributed by atoms with van der Waals surface area (Å²) >= 11 is 13.0. The Bertz CT molecular complexity index is 818. The molecule has 2 aromatic rings. The van der Waals surface area contributed by atoms with Gasteiger partial charge in [0.15, 0.2) is 5.11 Å². The first-order valence-electron chi connectivity index (χ1n) is 9.10. The topological polar surface area (TPSA) is 50.4 Å². The van der Waals surface area contributed by atoms with Crippen molar-refractivity contribution >= 4 is 51.2 Å². The lowest BCUT2D eigenvalue weighted by molar-refractivity contribution is 0.0601. The summed E-state index contributed by atoms with van der Waals surface area (Å²) in [4.78, 5) is 13.6. The summed E-state index contributed by atoms with van der Waals surface area (Å²) in [5, 5.41) is 8.47. The summed E-state index contributed by atoms with van der Waals surface area (Å²) in [5.41, 5.74) is 2.98. The van der Waals surface area contributed by atoms with E-state index in [2.05, 4.69) is 10.6 Å². The van der Waals surface area contributed by atoms with Crippen LogP contribution in [0.2, 0.25) is 5.02 Å². The molecule has 0 saturated heterocycles. The number of carbonyl (C=O) groups excluding carboxylic acids is 1. The molecule has 7 heteroatoms. The number of aryl methyl sites for hydroxylation is 1. The molecule has 27 heavy (non-hydrogen) atoms. The first-order valence-corrected chi connectivity index (χ1v) is 10.7. The number of rotatable bonds is 5. The average molecular weight is 423 g/mol. The van der Waals surface area contributed by atoms with Gasteiger partial charge in [-0.1, -0.05) is 30.2 Å². The SMILES string of the molecule is COC(=O)c1c(NC(=S)NCCc2ccc(Cl)cc2)sc2c1CCCCC2. The Labute approximate surface area is 174 Å². The minimum atomic E-state index is -0.291. The van der Waals surface area contributed by atoms with Crippen molar-refractivity contribution in [1.29, 1.82) is 0 Å². The lowest BCUT2D eigenvalue weighted by Crippen LogP contribution is -2.30. The summed E-state index contributed by atoms with van der Waals surface area (Å²) < 4.78 is 5.03. The highest BCUT2D eigenvalue weighted by Gasteiger charge is 2.25. The zero-order chi connectivity index (χ0) is 19.2. The Hall–Kier alpha value is -1.63. The van der Waals surface area contributed by atoms with Gasteiger partial charge in [-0.05, 0) is 67.6 Å². The first kappa shape index (κ1) is 20.1. The van der Waals surface area contributed by atoms with Crippen LogP contribution in [0.1, 0.15) is 45.6 Å². The number of nitrogens with one attached hydrogen (secondary N) is 2. The fourth-order valence-electron chi connectivity index (χ4n) is 3.27. The highest BCUT2D eigenvalue weighted by atomic mass is 35.5. The number of hydrogen-bond acceptors (Lipinski definition) is 4. The monoisotopic (exact) mass is 422 g/mol. The van der Waals surface area contributed by atoms with Gasteiger partial charge in [-0.2, -0.15) is 0 Å². The van der Waals surface area contributed by atoms with Gasteiger partial charge >= 0.3 is 5.97 Å². The molecule has 0 amide bonds. The molecule has 0 radical (unpaired) electrons. The van der Waals surface area contributed by atoms with Crippen LogP contribution in [0, 0.1) is 0 Å². The van der Waals surface area contributed by atoms with Crippen molar-refractivity contribution in [3.05, 3.63) is 50.9 Å². The maximum atomic E-state index is 12.4. The lowest BCUT2D eigenvalue weighted by Gasteiger charge is -2.11. The number of anilines is 1. The molecule has 0 aliphatic heterocycles. The van der Waals surface area contributed by atoms with Gasteiger partial charge in [-0.3, -0.25) is 0 Å². The summed E-state index contributed by atoms with van der Waals surface area (Å²) in [6.07, 6.45) is 6.25. The van der Waals surface area contributed by atoms with E-state index in [1.54, 1.807) is 11.3 Å². The number of methoxy groups -OCH3 is 1. The molecule has 144 valence electrons. The van der Waals surface area contributed by atoms with Crippen LogP contribution in [-0.4, -0.2) is 24.7 Å². The highest BCUT2D eigenvalue weighted by Crippen LogP contribution is 2.37. The number of carbonyl (C=O) groups is 1. The molecule has 3 rings (SSSR count). The largest absolute Gasteiger partial charge is 0.465 e. The van der Waals surface area contributed by atoms with Crippen molar-refractivity contribution in [2.24, 2.45) is 0 Å². The van der Waals surface area contributed by atoms with Crippen molar-refractivity contribution in [1.82, 2.24) is 5.32 Å². The molecule has 1 aliphatic carbocycles. The third kappa shape index (κ3) is 5.21. The predicted molar refractivity (Wildman–Crippen MR) is 116 cm³/mol. The van der Waals surface area contributed by atoms with Crippen molar-refractivity contribution in [2.45, 2.75) is 38.5 Å². The van der Waals surface area contributed by atoms with Crippen LogP contribution in [0.15, 0.2) is 24.3 Å². The van der Waals surface area contributed by atoms with E-state index in [0.717, 1.165) is 47.7 Å². The summed E-state index contributed by atoms with van der Waals surface area (Å²) in [7, 11) is 1.43. The van der Waals surface area contributed by atoms with Gasteiger partial charge in [-0.25, -0.2) is 4.79 Å². The van der Waals surface area contributed by atoms with E-state index in [1.807, 2.05) is 24.3 Å². The van der Waals surface area contributed by atoms with Crippen LogP contribution in [-0.2, 0) is 24.0 Å². The maximum Gasteiger partial charge on any atom is 0.341 e. The minimum absolute atomic E-state index is 0.291. The molecule has 1 heterocycles. The predicted octanol–water partition coefficient (Wildman–Crippen LogP) is 4.99. The third-order valence-corrected chi connectivity index (χ3v) is 6.36. The zero-order valence-electron chi connectivity index (χ0n) is 15.3. The van der Waals surface area contributed by atoms with E-state index in [-0.39, 0.29) is 5.97 Å². The number of thiocarbonyl (C=S) groups is 1. The number of ether oxygens (including phenoxy) is 1. The number of benzene rings is 1. The minimum Gasteiger partial charge on any atom is -0.465 e. The Kier molecular flexibility index (Phi) is 7.10. The van der Waals surface area contributed by atoms with Gasteiger partial charge < -0.3 is 15.4 Å². The molecule has 1 aliphatic rings. The van der Waals surface area contributed by atoms with Crippen LogP contribution in [0.3, 0.4) is 0 Å². The van der Waals surface area contributed by atoms with Gasteiger partial charge in [-0.15, -0.1) is 11.3 Å². The normalized spacial score (nSPS) is 13.4. The fraction of sp³-hybridized carbons (Fsp3) is 0.400. The molecule has 0 spiro atoms. The molecule has 1 aromatic heterocycles. The number of thiophene rings is 1. The average Bonchev–Trinajstić information content (AvgIpc) is 2.83. The van der Waals surface area contributed by atoms with E-state index < -0.39 is 0 Å². The molecule has 0 atom stereocenters. The van der Waals surface area contributed by atoms with Gasteiger partial charge in [0.2, 0.25) is 0 Å². The second kappa shape index (κ2) is 9.53. The van der Waals surface area contributed by atoms with Crippen molar-refractivity contribution in [2.75, 3.05) is 19.0 Å². The highest BCUT2D eigenvalue weighted by molar-refractivity contribution is 7.80. The molecular formula is C20H23ClN2O2S2. The number of esters is 1. The second-order valence-electron chi connectivity index (χ2n) is 6.52. The van der Waals surface area contributed by atoms with E-state index in [4.69, 9.17) is 28.6 Å². The maximum absolute atomic E-state index is 12.4. The lowest BCUT2D eigenvalue weighted by atomic mass is 10.1. The first-order chi connectivity index (χ1) is 13.1. The molecule has 0 saturated carbocycles. The van der Waals surface area contributed by atoms with E-state index in [9.17, 15) is 4.79 Å². The number of halogens is 1. The van der Waals surface area contributed by atoms with E-state index in [0.29, 0.717) is 17.2 Å². The van der Waals surface area contributed by atoms with Crippen LogP contribution in [0.25, 0.3) is 0 Å². The van der Waals surface area contributed by atoms with Crippen LogP contribution in [0.5, 0.6) is 0 Å². The molecule has 0 unspecified atom stereocenters. The Morgan fingerprint density at radius 2 is 1.96 bits per heavy atom. The number of hydrogen-bond donors (Lipinski definition) is 2. The molecular weight excluding hydrogens is 400 g/mol. The van der Waals surface area contributed by atoms with Crippen LogP contribution >= 0.6 is 35.2 Å². The van der Waals surface area contributed by atoms with Crippen LogP contribution in [0.4, 0.5) is 5.00 Å².